The van der Waals surface area contributed by atoms with Crippen LogP contribution in [-0.4, -0.2) is 18.0 Å². The van der Waals surface area contributed by atoms with Crippen LogP contribution in [0.25, 0.3) is 0 Å². The highest BCUT2D eigenvalue weighted by atomic mass is 35.5. The minimum absolute atomic E-state index is 0.554. The van der Waals surface area contributed by atoms with Gasteiger partial charge in [-0.2, -0.15) is 0 Å². The lowest BCUT2D eigenvalue weighted by molar-refractivity contribution is 0.213. The molecule has 0 radical (unpaired) electrons. The third kappa shape index (κ3) is 4.20. The third-order valence-corrected chi connectivity index (χ3v) is 4.57. The third-order valence-electron chi connectivity index (χ3n) is 4.22. The maximum absolute atomic E-state index is 6.34. The summed E-state index contributed by atoms with van der Waals surface area (Å²) in [6.45, 7) is 1.49. The summed E-state index contributed by atoms with van der Waals surface area (Å²) in [7, 11) is 2.23. The molecule has 1 aromatic rings. The van der Waals surface area contributed by atoms with Crippen LogP contribution >= 0.6 is 11.6 Å². The molecule has 2 nitrogen and oxygen atoms in total. The second-order valence-electron chi connectivity index (χ2n) is 5.69. The van der Waals surface area contributed by atoms with Gasteiger partial charge in [0.25, 0.3) is 0 Å². The second kappa shape index (κ2) is 7.28. The zero-order valence-corrected chi connectivity index (χ0v) is 12.6. The molecule has 0 atom stereocenters. The second-order valence-corrected chi connectivity index (χ2v) is 6.10. The predicted octanol–water partition coefficient (Wildman–Crippen LogP) is 3.95. The zero-order valence-electron chi connectivity index (χ0n) is 11.9. The van der Waals surface area contributed by atoms with Crippen LogP contribution in [0, 0.1) is 0 Å². The lowest BCUT2D eigenvalue weighted by Crippen LogP contribution is -2.30. The van der Waals surface area contributed by atoms with Crippen LogP contribution in [0.4, 0.5) is 0 Å². The van der Waals surface area contributed by atoms with Crippen LogP contribution < -0.4 is 5.73 Å². The van der Waals surface area contributed by atoms with E-state index in [9.17, 15) is 0 Å². The van der Waals surface area contributed by atoms with Gasteiger partial charge in [0.15, 0.2) is 0 Å². The molecular weight excluding hydrogens is 256 g/mol. The Labute approximate surface area is 121 Å². The number of hydrogen-bond donors (Lipinski definition) is 1. The SMILES string of the molecule is CN(Cc1ccc(CN)cc1Cl)C1CCCCCC1. The molecule has 0 spiro atoms. The molecule has 0 amide bonds. The van der Waals surface area contributed by atoms with Crippen LogP contribution in [0.15, 0.2) is 18.2 Å². The average molecular weight is 281 g/mol. The van der Waals surface area contributed by atoms with E-state index < -0.39 is 0 Å². The molecule has 2 rings (SSSR count). The van der Waals surface area contributed by atoms with Crippen LogP contribution in [0.1, 0.15) is 49.7 Å². The standard InChI is InChI=1S/C16H25ClN2/c1-19(15-6-4-2-3-5-7-15)12-14-9-8-13(11-18)10-16(14)17/h8-10,15H,2-7,11-12,18H2,1H3. The molecule has 0 bridgehead atoms. The zero-order chi connectivity index (χ0) is 13.7. The summed E-state index contributed by atoms with van der Waals surface area (Å²) in [5, 5.41) is 0.850. The molecule has 0 aromatic heterocycles. The van der Waals surface area contributed by atoms with Crippen molar-refractivity contribution in [2.75, 3.05) is 7.05 Å². The number of benzene rings is 1. The van der Waals surface area contributed by atoms with Gasteiger partial charge in [-0.25, -0.2) is 0 Å². The molecule has 1 aliphatic rings. The normalized spacial score (nSPS) is 17.7. The molecule has 1 aliphatic carbocycles. The van der Waals surface area contributed by atoms with Gasteiger partial charge in [-0.15, -0.1) is 0 Å². The smallest absolute Gasteiger partial charge is 0.0454 e. The fourth-order valence-electron chi connectivity index (χ4n) is 2.94. The Morgan fingerprint density at radius 3 is 2.47 bits per heavy atom. The molecule has 19 heavy (non-hydrogen) atoms. The van der Waals surface area contributed by atoms with Crippen molar-refractivity contribution in [2.24, 2.45) is 5.73 Å². The van der Waals surface area contributed by atoms with Crippen LogP contribution in [0.2, 0.25) is 5.02 Å². The summed E-state index contributed by atoms with van der Waals surface area (Å²) < 4.78 is 0. The average Bonchev–Trinajstić information content (AvgIpc) is 2.70. The van der Waals surface area contributed by atoms with Crippen molar-refractivity contribution in [2.45, 2.75) is 57.7 Å². The highest BCUT2D eigenvalue weighted by Gasteiger charge is 2.17. The Morgan fingerprint density at radius 1 is 1.21 bits per heavy atom. The quantitative estimate of drug-likeness (QED) is 0.846. The number of nitrogens with zero attached hydrogens (tertiary/aromatic N) is 1. The number of hydrogen-bond acceptors (Lipinski definition) is 2. The molecule has 106 valence electrons. The summed E-state index contributed by atoms with van der Waals surface area (Å²) >= 11 is 6.34. The Bertz CT molecular complexity index is 398. The van der Waals surface area contributed by atoms with E-state index in [1.54, 1.807) is 0 Å². The van der Waals surface area contributed by atoms with E-state index in [1.807, 2.05) is 6.07 Å². The van der Waals surface area contributed by atoms with E-state index in [0.29, 0.717) is 12.6 Å². The molecule has 2 N–H and O–H groups in total. The van der Waals surface area contributed by atoms with E-state index in [2.05, 4.69) is 24.1 Å². The first-order valence-electron chi connectivity index (χ1n) is 7.38. The number of nitrogens with two attached hydrogens (primary N) is 1. The predicted molar refractivity (Wildman–Crippen MR) is 82.3 cm³/mol. The highest BCUT2D eigenvalue weighted by molar-refractivity contribution is 6.31. The van der Waals surface area contributed by atoms with Crippen molar-refractivity contribution < 1.29 is 0 Å². The first-order valence-corrected chi connectivity index (χ1v) is 7.76. The first-order chi connectivity index (χ1) is 9.20. The van der Waals surface area contributed by atoms with E-state index in [0.717, 1.165) is 17.1 Å². The molecule has 1 saturated carbocycles. The minimum Gasteiger partial charge on any atom is -0.326 e. The fraction of sp³-hybridized carbons (Fsp3) is 0.625. The van der Waals surface area contributed by atoms with E-state index in [4.69, 9.17) is 17.3 Å². The molecule has 0 heterocycles. The van der Waals surface area contributed by atoms with Gasteiger partial charge in [0.2, 0.25) is 0 Å². The molecule has 0 saturated heterocycles. The summed E-state index contributed by atoms with van der Waals surface area (Å²) in [6, 6.07) is 6.92. The van der Waals surface area contributed by atoms with Crippen molar-refractivity contribution >= 4 is 11.6 Å². The summed E-state index contributed by atoms with van der Waals surface area (Å²) in [5.41, 5.74) is 7.95. The Kier molecular flexibility index (Phi) is 5.68. The summed E-state index contributed by atoms with van der Waals surface area (Å²) in [4.78, 5) is 2.47. The lowest BCUT2D eigenvalue weighted by atomic mass is 10.1. The molecule has 1 fully saturated rings. The number of rotatable bonds is 4. The Balaban J connectivity index is 1.99. The van der Waals surface area contributed by atoms with Gasteiger partial charge in [0.1, 0.15) is 0 Å². The maximum atomic E-state index is 6.34. The fourth-order valence-corrected chi connectivity index (χ4v) is 3.21. The van der Waals surface area contributed by atoms with Gasteiger partial charge >= 0.3 is 0 Å². The van der Waals surface area contributed by atoms with Crippen LogP contribution in [-0.2, 0) is 13.1 Å². The van der Waals surface area contributed by atoms with Crippen molar-refractivity contribution in [3.8, 4) is 0 Å². The Morgan fingerprint density at radius 2 is 1.89 bits per heavy atom. The monoisotopic (exact) mass is 280 g/mol. The largest absolute Gasteiger partial charge is 0.326 e. The van der Waals surface area contributed by atoms with Crippen molar-refractivity contribution in [1.29, 1.82) is 0 Å². The number of halogens is 1. The minimum atomic E-state index is 0.554. The van der Waals surface area contributed by atoms with Crippen molar-refractivity contribution in [3.63, 3.8) is 0 Å². The maximum Gasteiger partial charge on any atom is 0.0454 e. The van der Waals surface area contributed by atoms with Crippen molar-refractivity contribution in [1.82, 2.24) is 4.90 Å². The summed E-state index contributed by atoms with van der Waals surface area (Å²) in [5.74, 6) is 0. The molecule has 0 unspecified atom stereocenters. The van der Waals surface area contributed by atoms with Gasteiger partial charge in [0.05, 0.1) is 0 Å². The molecular formula is C16H25ClN2. The summed E-state index contributed by atoms with van der Waals surface area (Å²) in [6.07, 6.45) is 8.19. The van der Waals surface area contributed by atoms with Crippen molar-refractivity contribution in [3.05, 3.63) is 34.3 Å². The van der Waals surface area contributed by atoms with Gasteiger partial charge in [-0.3, -0.25) is 4.90 Å². The Hall–Kier alpha value is -0.570. The molecule has 3 heteroatoms. The van der Waals surface area contributed by atoms with Gasteiger partial charge in [0, 0.05) is 24.2 Å². The first kappa shape index (κ1) is 14.8. The van der Waals surface area contributed by atoms with Gasteiger partial charge in [-0.05, 0) is 37.1 Å². The van der Waals surface area contributed by atoms with E-state index >= 15 is 0 Å². The van der Waals surface area contributed by atoms with Crippen LogP contribution in [0.3, 0.4) is 0 Å². The van der Waals surface area contributed by atoms with Gasteiger partial charge < -0.3 is 5.73 Å². The molecule has 0 aliphatic heterocycles. The lowest BCUT2D eigenvalue weighted by Gasteiger charge is -2.27. The van der Waals surface area contributed by atoms with E-state index in [-0.39, 0.29) is 0 Å². The van der Waals surface area contributed by atoms with Crippen LogP contribution in [0.5, 0.6) is 0 Å². The van der Waals surface area contributed by atoms with E-state index in [1.165, 1.54) is 44.1 Å². The topological polar surface area (TPSA) is 29.3 Å². The molecule has 1 aromatic carbocycles. The highest BCUT2D eigenvalue weighted by Crippen LogP contribution is 2.24. The van der Waals surface area contributed by atoms with Gasteiger partial charge in [-0.1, -0.05) is 49.4 Å².